The lowest BCUT2D eigenvalue weighted by atomic mass is 10.3. The molecule has 0 atom stereocenters. The van der Waals surface area contributed by atoms with Crippen LogP contribution in [0.3, 0.4) is 0 Å². The molecule has 0 unspecified atom stereocenters. The molecule has 2 aromatic heterocycles. The molecule has 0 amide bonds. The summed E-state index contributed by atoms with van der Waals surface area (Å²) >= 11 is 15.4. The van der Waals surface area contributed by atoms with Gasteiger partial charge in [-0.05, 0) is 60.8 Å². The van der Waals surface area contributed by atoms with E-state index in [-0.39, 0.29) is 5.69 Å². The Bertz CT molecular complexity index is 1230. The summed E-state index contributed by atoms with van der Waals surface area (Å²) in [6, 6.07) is 21.8. The van der Waals surface area contributed by atoms with Gasteiger partial charge in [-0.1, -0.05) is 24.3 Å². The molecule has 30 heavy (non-hydrogen) atoms. The van der Waals surface area contributed by atoms with Crippen molar-refractivity contribution in [1.29, 1.82) is 0 Å². The molecule has 0 aliphatic carbocycles. The zero-order valence-corrected chi connectivity index (χ0v) is 18.6. The Morgan fingerprint density at radius 2 is 1.53 bits per heavy atom. The van der Waals surface area contributed by atoms with Gasteiger partial charge in [0.05, 0.1) is 20.7 Å². The third-order valence-electron chi connectivity index (χ3n) is 3.71. The molecule has 2 N–H and O–H groups in total. The van der Waals surface area contributed by atoms with Gasteiger partial charge >= 0.3 is 0 Å². The van der Waals surface area contributed by atoms with E-state index in [0.29, 0.717) is 4.84 Å². The van der Waals surface area contributed by atoms with E-state index in [0.717, 1.165) is 25.5 Å². The van der Waals surface area contributed by atoms with Crippen LogP contribution in [-0.2, 0) is 0 Å². The molecule has 152 valence electrons. The maximum Gasteiger partial charge on any atom is 0.269 e. The number of H-pyrrole nitrogens is 2. The molecule has 0 aliphatic rings. The van der Waals surface area contributed by atoms with Gasteiger partial charge in [0.2, 0.25) is 0 Å². The number of nitrogens with zero attached hydrogens (tertiary/aromatic N) is 1. The highest BCUT2D eigenvalue weighted by atomic mass is 32.1. The molecule has 6 nitrogen and oxygen atoms in total. The molecule has 10 heteroatoms. The van der Waals surface area contributed by atoms with Gasteiger partial charge in [-0.2, -0.15) is 0 Å². The van der Waals surface area contributed by atoms with Crippen molar-refractivity contribution in [3.05, 3.63) is 91.7 Å². The highest BCUT2D eigenvalue weighted by Gasteiger charge is 2.01. The van der Waals surface area contributed by atoms with E-state index in [1.165, 1.54) is 16.8 Å². The first-order valence-corrected chi connectivity index (χ1v) is 10.6. The summed E-state index contributed by atoms with van der Waals surface area (Å²) in [7, 11) is 0. The van der Waals surface area contributed by atoms with Crippen LogP contribution in [0.15, 0.2) is 82.1 Å². The number of oxazole rings is 1. The molecule has 5 rings (SSSR count). The second kappa shape index (κ2) is 10.3. The fourth-order valence-corrected chi connectivity index (χ4v) is 3.83. The van der Waals surface area contributed by atoms with Crippen LogP contribution in [0.4, 0.5) is 5.69 Å². The number of rotatable bonds is 1. The van der Waals surface area contributed by atoms with E-state index in [2.05, 4.69) is 28.7 Å². The molecule has 5 aromatic rings. The molecule has 0 saturated heterocycles. The summed E-state index contributed by atoms with van der Waals surface area (Å²) in [5.74, 6) is 0. The predicted octanol–water partition coefficient (Wildman–Crippen LogP) is 7.33. The lowest BCUT2D eigenvalue weighted by Crippen LogP contribution is -1.85. The van der Waals surface area contributed by atoms with E-state index in [1.807, 2.05) is 42.5 Å². The standard InChI is InChI=1S/C7H5NOS.C7H5NS2.C6H5NO2S/c10-7-8-5-3-1-2-4-6(5)9-7;9-7-8-5-3-1-2-4-6(5)10-7;8-7(9)5-1-3-6(10)4-2-5/h1-4H,(H,8,10);1-4H,(H,8,9);1-4,10H. The Morgan fingerprint density at radius 3 is 2.17 bits per heavy atom. The number of fused-ring (bicyclic) bond motifs is 2. The third-order valence-corrected chi connectivity index (χ3v) is 5.41. The number of nitro groups is 1. The van der Waals surface area contributed by atoms with E-state index in [1.54, 1.807) is 23.5 Å². The number of aromatic amines is 2. The van der Waals surface area contributed by atoms with Gasteiger partial charge in [-0.3, -0.25) is 10.1 Å². The predicted molar refractivity (Wildman–Crippen MR) is 129 cm³/mol. The average Bonchev–Trinajstić information content (AvgIpc) is 3.29. The first-order valence-electron chi connectivity index (χ1n) is 8.51. The van der Waals surface area contributed by atoms with E-state index >= 15 is 0 Å². The van der Waals surface area contributed by atoms with Gasteiger partial charge in [0.15, 0.2) is 9.54 Å². The van der Waals surface area contributed by atoms with Crippen LogP contribution in [0.5, 0.6) is 0 Å². The van der Waals surface area contributed by atoms with Crippen molar-refractivity contribution in [2.75, 3.05) is 0 Å². The molecule has 2 heterocycles. The van der Waals surface area contributed by atoms with Gasteiger partial charge in [-0.25, -0.2) is 0 Å². The van der Waals surface area contributed by atoms with Crippen LogP contribution < -0.4 is 0 Å². The van der Waals surface area contributed by atoms with Gasteiger partial charge in [0, 0.05) is 17.0 Å². The average molecular weight is 474 g/mol. The van der Waals surface area contributed by atoms with Crippen molar-refractivity contribution in [3.63, 3.8) is 0 Å². The Balaban J connectivity index is 0.000000128. The van der Waals surface area contributed by atoms with E-state index in [9.17, 15) is 10.1 Å². The summed E-state index contributed by atoms with van der Waals surface area (Å²) < 4.78 is 7.20. The quantitative estimate of drug-likeness (QED) is 0.103. The Morgan fingerprint density at radius 1 is 0.900 bits per heavy atom. The zero-order chi connectivity index (χ0) is 21.5. The number of para-hydroxylation sites is 3. The Hall–Kier alpha value is -2.79. The highest BCUT2D eigenvalue weighted by Crippen LogP contribution is 2.17. The van der Waals surface area contributed by atoms with Crippen LogP contribution in [0.25, 0.3) is 21.3 Å². The first-order chi connectivity index (χ1) is 14.4. The lowest BCUT2D eigenvalue weighted by molar-refractivity contribution is -0.384. The van der Waals surface area contributed by atoms with Gasteiger partial charge < -0.3 is 14.4 Å². The first kappa shape index (κ1) is 21.9. The molecule has 0 aliphatic heterocycles. The fraction of sp³-hybridized carbons (Fsp3) is 0. The molecule has 0 bridgehead atoms. The number of aromatic nitrogens is 2. The summed E-state index contributed by atoms with van der Waals surface area (Å²) in [6.45, 7) is 0. The normalized spacial score (nSPS) is 10.0. The minimum absolute atomic E-state index is 0.0952. The molecule has 3 aromatic carbocycles. The van der Waals surface area contributed by atoms with Crippen molar-refractivity contribution in [2.45, 2.75) is 4.90 Å². The van der Waals surface area contributed by atoms with Crippen LogP contribution in [0.2, 0.25) is 0 Å². The van der Waals surface area contributed by atoms with Crippen molar-refractivity contribution < 1.29 is 9.34 Å². The molecule has 0 radical (unpaired) electrons. The SMILES string of the molecule is O=[N+]([O-])c1ccc(S)cc1.S=c1[nH]c2ccccc2o1.S=c1[nH]c2ccccc2s1. The number of nitro benzene ring substituents is 1. The van der Waals surface area contributed by atoms with E-state index in [4.69, 9.17) is 28.9 Å². The maximum atomic E-state index is 10.1. The lowest BCUT2D eigenvalue weighted by Gasteiger charge is -1.89. The summed E-state index contributed by atoms with van der Waals surface area (Å²) in [5, 5.41) is 10.1. The number of hydrogen-bond donors (Lipinski definition) is 3. The second-order valence-corrected chi connectivity index (χ2v) is 8.40. The second-order valence-electron chi connectivity index (χ2n) is 5.79. The number of nitrogens with one attached hydrogen (secondary N) is 2. The third kappa shape index (κ3) is 6.10. The van der Waals surface area contributed by atoms with Crippen molar-refractivity contribution in [1.82, 2.24) is 9.97 Å². The monoisotopic (exact) mass is 473 g/mol. The van der Waals surface area contributed by atoms with Crippen molar-refractivity contribution >= 4 is 75.4 Å². The Kier molecular flexibility index (Phi) is 7.52. The minimum atomic E-state index is -0.437. The largest absolute Gasteiger partial charge is 0.429 e. The fourth-order valence-electron chi connectivity index (χ4n) is 2.36. The van der Waals surface area contributed by atoms with Crippen LogP contribution >= 0.6 is 48.4 Å². The number of thiazole rings is 1. The summed E-state index contributed by atoms with van der Waals surface area (Å²) in [4.78, 5) is 16.8. The van der Waals surface area contributed by atoms with Gasteiger partial charge in [0.1, 0.15) is 0 Å². The topological polar surface area (TPSA) is 87.9 Å². The number of hydrogen-bond acceptors (Lipinski definition) is 7. The van der Waals surface area contributed by atoms with Gasteiger partial charge in [-0.15, -0.1) is 24.0 Å². The van der Waals surface area contributed by atoms with Gasteiger partial charge in [0.25, 0.3) is 10.5 Å². The van der Waals surface area contributed by atoms with Crippen molar-refractivity contribution in [3.8, 4) is 0 Å². The number of non-ortho nitro benzene ring substituents is 1. The Labute approximate surface area is 190 Å². The molecule has 0 fully saturated rings. The molecule has 0 spiro atoms. The van der Waals surface area contributed by atoms with Crippen molar-refractivity contribution in [2.24, 2.45) is 0 Å². The maximum absolute atomic E-state index is 10.1. The molecular formula is C20H15N3O3S4. The minimum Gasteiger partial charge on any atom is -0.429 e. The number of benzene rings is 3. The zero-order valence-electron chi connectivity index (χ0n) is 15.3. The summed E-state index contributed by atoms with van der Waals surface area (Å²) in [5.41, 5.74) is 3.00. The van der Waals surface area contributed by atoms with Crippen LogP contribution in [-0.4, -0.2) is 14.9 Å². The van der Waals surface area contributed by atoms with E-state index < -0.39 is 4.92 Å². The molecular weight excluding hydrogens is 459 g/mol. The highest BCUT2D eigenvalue weighted by molar-refractivity contribution is 7.80. The summed E-state index contributed by atoms with van der Waals surface area (Å²) in [6.07, 6.45) is 0. The van der Waals surface area contributed by atoms with Crippen LogP contribution in [0, 0.1) is 18.9 Å². The molecule has 0 saturated carbocycles. The smallest absolute Gasteiger partial charge is 0.269 e. The van der Waals surface area contributed by atoms with Crippen LogP contribution in [0.1, 0.15) is 0 Å². The number of thiol groups is 1.